The van der Waals surface area contributed by atoms with Crippen LogP contribution < -0.4 is 0 Å². The Hall–Kier alpha value is -2.72. The van der Waals surface area contributed by atoms with Gasteiger partial charge in [-0.05, 0) is 63.2 Å². The number of allylic oxidation sites excluding steroid dienone is 1. The van der Waals surface area contributed by atoms with E-state index in [9.17, 15) is 4.79 Å². The van der Waals surface area contributed by atoms with E-state index in [1.807, 2.05) is 24.3 Å². The summed E-state index contributed by atoms with van der Waals surface area (Å²) in [5.74, 6) is 1.06. The largest absolute Gasteiger partial charge is 0.320 e. The molecule has 0 saturated carbocycles. The first-order chi connectivity index (χ1) is 13.1. The van der Waals surface area contributed by atoms with Crippen molar-refractivity contribution >= 4 is 22.9 Å². The maximum atomic E-state index is 11.3. The lowest BCUT2D eigenvalue weighted by atomic mass is 10.0. The Kier molecular flexibility index (Phi) is 4.90. The number of carbonyl (C=O) groups is 1. The van der Waals surface area contributed by atoms with Gasteiger partial charge in [-0.15, -0.1) is 0 Å². The molecule has 27 heavy (non-hydrogen) atoms. The molecular formula is C23H25N3O. The van der Waals surface area contributed by atoms with Crippen molar-refractivity contribution in [3.63, 3.8) is 0 Å². The van der Waals surface area contributed by atoms with Gasteiger partial charge in [-0.1, -0.05) is 36.4 Å². The summed E-state index contributed by atoms with van der Waals surface area (Å²) in [6.45, 7) is 3.76. The lowest BCUT2D eigenvalue weighted by Gasteiger charge is -2.32. The molecule has 2 aromatic carbocycles. The molecule has 138 valence electrons. The molecule has 4 rings (SSSR count). The molecule has 1 atom stereocenters. The van der Waals surface area contributed by atoms with Crippen LogP contribution in [0.25, 0.3) is 28.5 Å². The number of hydrogen-bond donors (Lipinski definition) is 0. The first-order valence-electron chi connectivity index (χ1n) is 9.56. The lowest BCUT2D eigenvalue weighted by Crippen LogP contribution is -2.33. The van der Waals surface area contributed by atoms with E-state index in [0.717, 1.165) is 35.6 Å². The normalized spacial score (nSPS) is 18.4. The number of fused-ring (bicyclic) bond motifs is 1. The van der Waals surface area contributed by atoms with Crippen LogP contribution in [0, 0.1) is 0 Å². The molecule has 0 aliphatic carbocycles. The van der Waals surface area contributed by atoms with Crippen LogP contribution in [0.4, 0.5) is 0 Å². The van der Waals surface area contributed by atoms with Crippen molar-refractivity contribution < 1.29 is 4.79 Å². The number of likely N-dealkylation sites (N-methyl/N-ethyl adjacent to an activating group) is 1. The zero-order valence-electron chi connectivity index (χ0n) is 15.9. The average molecular weight is 359 g/mol. The Morgan fingerprint density at radius 3 is 2.85 bits per heavy atom. The first kappa shape index (κ1) is 17.7. The number of aromatic nitrogens is 2. The number of imidazole rings is 1. The molecular weight excluding hydrogens is 334 g/mol. The molecule has 0 unspecified atom stereocenters. The van der Waals surface area contributed by atoms with Crippen LogP contribution in [-0.4, -0.2) is 40.4 Å². The van der Waals surface area contributed by atoms with Gasteiger partial charge in [0.2, 0.25) is 0 Å². The summed E-state index contributed by atoms with van der Waals surface area (Å²) in [5.41, 5.74) is 4.33. The Morgan fingerprint density at radius 2 is 2.04 bits per heavy atom. The van der Waals surface area contributed by atoms with Gasteiger partial charge >= 0.3 is 0 Å². The molecule has 1 saturated heterocycles. The third-order valence-corrected chi connectivity index (χ3v) is 5.22. The molecule has 4 nitrogen and oxygen atoms in total. The number of hydrogen-bond acceptors (Lipinski definition) is 3. The maximum Gasteiger partial charge on any atom is 0.152 e. The Labute approximate surface area is 160 Å². The number of para-hydroxylation sites is 2. The van der Waals surface area contributed by atoms with Crippen LogP contribution >= 0.6 is 0 Å². The molecule has 1 aliphatic rings. The summed E-state index contributed by atoms with van der Waals surface area (Å²) in [6, 6.07) is 17.1. The van der Waals surface area contributed by atoms with Gasteiger partial charge in [0.15, 0.2) is 5.78 Å². The highest BCUT2D eigenvalue weighted by Crippen LogP contribution is 2.32. The van der Waals surface area contributed by atoms with E-state index in [1.165, 1.54) is 18.4 Å². The van der Waals surface area contributed by atoms with Crippen molar-refractivity contribution in [1.29, 1.82) is 0 Å². The van der Waals surface area contributed by atoms with Crippen molar-refractivity contribution in [3.8, 4) is 11.4 Å². The van der Waals surface area contributed by atoms with Gasteiger partial charge in [-0.25, -0.2) is 4.98 Å². The van der Waals surface area contributed by atoms with Gasteiger partial charge in [-0.2, -0.15) is 0 Å². The predicted octanol–water partition coefficient (Wildman–Crippen LogP) is 4.57. The molecule has 0 N–H and O–H groups in total. The fourth-order valence-electron chi connectivity index (χ4n) is 3.96. The molecule has 0 spiro atoms. The Bertz CT molecular complexity index is 1000. The summed E-state index contributed by atoms with van der Waals surface area (Å²) in [6.07, 6.45) is 5.85. The van der Waals surface area contributed by atoms with Crippen molar-refractivity contribution in [2.75, 3.05) is 20.1 Å². The maximum absolute atomic E-state index is 11.3. The second kappa shape index (κ2) is 7.49. The van der Waals surface area contributed by atoms with E-state index >= 15 is 0 Å². The van der Waals surface area contributed by atoms with Gasteiger partial charge in [0, 0.05) is 18.2 Å². The highest BCUT2D eigenvalue weighted by atomic mass is 16.1. The number of ketones is 1. The monoisotopic (exact) mass is 359 g/mol. The highest BCUT2D eigenvalue weighted by molar-refractivity contribution is 5.91. The number of piperidine rings is 1. The summed E-state index contributed by atoms with van der Waals surface area (Å²) in [5, 5.41) is 0. The smallest absolute Gasteiger partial charge is 0.152 e. The predicted molar refractivity (Wildman–Crippen MR) is 111 cm³/mol. The summed E-state index contributed by atoms with van der Waals surface area (Å²) < 4.78 is 2.42. The quantitative estimate of drug-likeness (QED) is 0.640. The summed E-state index contributed by atoms with van der Waals surface area (Å²) in [4.78, 5) is 18.6. The second-order valence-electron chi connectivity index (χ2n) is 7.42. The van der Waals surface area contributed by atoms with Crippen LogP contribution in [0.5, 0.6) is 0 Å². The van der Waals surface area contributed by atoms with Crippen molar-refractivity contribution in [3.05, 3.63) is 60.2 Å². The van der Waals surface area contributed by atoms with Gasteiger partial charge in [0.05, 0.1) is 11.0 Å². The molecule has 0 amide bonds. The van der Waals surface area contributed by atoms with E-state index in [0.29, 0.717) is 6.04 Å². The van der Waals surface area contributed by atoms with Gasteiger partial charge in [-0.3, -0.25) is 4.79 Å². The average Bonchev–Trinajstić information content (AvgIpc) is 3.06. The third kappa shape index (κ3) is 3.71. The molecule has 4 heteroatoms. The molecule has 0 radical (unpaired) electrons. The molecule has 1 aromatic heterocycles. The van der Waals surface area contributed by atoms with Crippen LogP contribution in [0.3, 0.4) is 0 Å². The van der Waals surface area contributed by atoms with Crippen LogP contribution in [0.1, 0.15) is 31.4 Å². The minimum atomic E-state index is 0.0536. The Morgan fingerprint density at radius 1 is 1.19 bits per heavy atom. The standard InChI is InChI=1S/C23H25N3O/c1-17(27)12-13-18-7-5-8-19(15-18)23-24-21-10-3-4-11-22(21)26(23)20-9-6-14-25(2)16-20/h3-5,7-8,10-13,15,20H,6,9,14,16H2,1-2H3/b13-12+/t20-/m1/s1. The van der Waals surface area contributed by atoms with Crippen molar-refractivity contribution in [1.82, 2.24) is 14.5 Å². The van der Waals surface area contributed by atoms with E-state index in [-0.39, 0.29) is 5.78 Å². The summed E-state index contributed by atoms with van der Waals surface area (Å²) in [7, 11) is 2.19. The summed E-state index contributed by atoms with van der Waals surface area (Å²) >= 11 is 0. The topological polar surface area (TPSA) is 38.1 Å². The van der Waals surface area contributed by atoms with Crippen molar-refractivity contribution in [2.24, 2.45) is 0 Å². The zero-order chi connectivity index (χ0) is 18.8. The fraction of sp³-hybridized carbons (Fsp3) is 0.304. The van der Waals surface area contributed by atoms with E-state index in [1.54, 1.807) is 13.0 Å². The number of rotatable bonds is 4. The van der Waals surface area contributed by atoms with Crippen LogP contribution in [0.15, 0.2) is 54.6 Å². The molecule has 3 aromatic rings. The Balaban J connectivity index is 1.83. The number of likely N-dealkylation sites (tertiary alicyclic amines) is 1. The van der Waals surface area contributed by atoms with E-state index in [2.05, 4.69) is 46.8 Å². The number of carbonyl (C=O) groups excluding carboxylic acids is 1. The molecule has 1 aliphatic heterocycles. The van der Waals surface area contributed by atoms with Crippen LogP contribution in [-0.2, 0) is 4.79 Å². The SMILES string of the molecule is CC(=O)/C=C/c1cccc(-c2nc3ccccc3n2[C@@H]2CCCN(C)C2)c1. The van der Waals surface area contributed by atoms with E-state index in [4.69, 9.17) is 4.98 Å². The minimum Gasteiger partial charge on any atom is -0.320 e. The van der Waals surface area contributed by atoms with Gasteiger partial charge < -0.3 is 9.47 Å². The number of benzene rings is 2. The minimum absolute atomic E-state index is 0.0536. The first-order valence-corrected chi connectivity index (χ1v) is 9.56. The van der Waals surface area contributed by atoms with Gasteiger partial charge in [0.1, 0.15) is 5.82 Å². The van der Waals surface area contributed by atoms with Crippen molar-refractivity contribution in [2.45, 2.75) is 25.8 Å². The fourth-order valence-corrected chi connectivity index (χ4v) is 3.96. The van der Waals surface area contributed by atoms with Gasteiger partial charge in [0.25, 0.3) is 0 Å². The molecule has 0 bridgehead atoms. The lowest BCUT2D eigenvalue weighted by molar-refractivity contribution is -0.112. The zero-order valence-corrected chi connectivity index (χ0v) is 15.9. The van der Waals surface area contributed by atoms with E-state index < -0.39 is 0 Å². The van der Waals surface area contributed by atoms with Crippen LogP contribution in [0.2, 0.25) is 0 Å². The third-order valence-electron chi connectivity index (χ3n) is 5.22. The second-order valence-corrected chi connectivity index (χ2v) is 7.42. The molecule has 2 heterocycles. The molecule has 1 fully saturated rings. The highest BCUT2D eigenvalue weighted by Gasteiger charge is 2.24. The number of nitrogens with zero attached hydrogens (tertiary/aromatic N) is 3.